The Bertz CT molecular complexity index is 740. The van der Waals surface area contributed by atoms with E-state index in [1.54, 1.807) is 6.20 Å². The van der Waals surface area contributed by atoms with Crippen LogP contribution in [0.4, 0.5) is 0 Å². The van der Waals surface area contributed by atoms with Crippen LogP contribution in [0.3, 0.4) is 0 Å². The lowest BCUT2D eigenvalue weighted by Crippen LogP contribution is -2.42. The Balaban J connectivity index is 1.97. The summed E-state index contributed by atoms with van der Waals surface area (Å²) in [5, 5.41) is 0.938. The van der Waals surface area contributed by atoms with Crippen molar-refractivity contribution in [2.75, 3.05) is 0 Å². The van der Waals surface area contributed by atoms with Gasteiger partial charge in [-0.3, -0.25) is 4.79 Å². The molecule has 0 aliphatic rings. The van der Waals surface area contributed by atoms with Crippen LogP contribution in [0, 0.1) is 0 Å². The smallest absolute Gasteiger partial charge is 0.331 e. The molecule has 0 unspecified atom stereocenters. The fourth-order valence-electron chi connectivity index (χ4n) is 2.17. The Hall–Kier alpha value is -2.71. The number of fused-ring (bicyclic) bond motifs is 1. The predicted molar refractivity (Wildman–Crippen MR) is 82.9 cm³/mol. The van der Waals surface area contributed by atoms with E-state index in [1.807, 2.05) is 24.3 Å². The topological polar surface area (TPSA) is 154 Å². The molecular formula is C15H18N4O4. The molecule has 2 atom stereocenters. The standard InChI is InChI=1S/C15H18N4O4/c16-10(14(21)23-15(22)11(17)6-13(18)20)5-8-7-19-12-4-2-1-3-9(8)12/h1-4,7,10-11,19H,5-6,16-17H2,(H2,18,20)/t10-,11-/m0/s1. The molecule has 1 aromatic heterocycles. The molecule has 7 N–H and O–H groups in total. The van der Waals surface area contributed by atoms with Gasteiger partial charge in [-0.15, -0.1) is 0 Å². The summed E-state index contributed by atoms with van der Waals surface area (Å²) in [6.45, 7) is 0. The van der Waals surface area contributed by atoms with Crippen LogP contribution in [-0.2, 0) is 25.5 Å². The zero-order valence-electron chi connectivity index (χ0n) is 12.3. The highest BCUT2D eigenvalue weighted by Crippen LogP contribution is 2.18. The molecule has 1 heterocycles. The van der Waals surface area contributed by atoms with E-state index in [-0.39, 0.29) is 6.42 Å². The van der Waals surface area contributed by atoms with Gasteiger partial charge in [0.05, 0.1) is 6.42 Å². The van der Waals surface area contributed by atoms with E-state index in [2.05, 4.69) is 9.72 Å². The molecule has 2 rings (SSSR count). The summed E-state index contributed by atoms with van der Waals surface area (Å²) in [4.78, 5) is 37.2. The minimum absolute atomic E-state index is 0.196. The van der Waals surface area contributed by atoms with Crippen LogP contribution < -0.4 is 17.2 Å². The number of H-pyrrole nitrogens is 1. The van der Waals surface area contributed by atoms with Gasteiger partial charge in [-0.1, -0.05) is 18.2 Å². The number of ether oxygens (including phenoxy) is 1. The number of aromatic nitrogens is 1. The Morgan fingerprint density at radius 2 is 1.74 bits per heavy atom. The molecule has 0 aliphatic carbocycles. The number of para-hydroxylation sites is 1. The largest absolute Gasteiger partial charge is 0.391 e. The van der Waals surface area contributed by atoms with Crippen molar-refractivity contribution in [2.24, 2.45) is 17.2 Å². The monoisotopic (exact) mass is 318 g/mol. The molecular weight excluding hydrogens is 300 g/mol. The number of benzene rings is 1. The first-order valence-corrected chi connectivity index (χ1v) is 6.98. The summed E-state index contributed by atoms with van der Waals surface area (Å²) in [6, 6.07) is 5.24. The Labute approximate surface area is 131 Å². The normalized spacial score (nSPS) is 13.5. The maximum absolute atomic E-state index is 11.9. The van der Waals surface area contributed by atoms with Crippen LogP contribution in [0.15, 0.2) is 30.5 Å². The molecule has 8 heteroatoms. The quantitative estimate of drug-likeness (QED) is 0.408. The van der Waals surface area contributed by atoms with Crippen LogP contribution in [0.2, 0.25) is 0 Å². The fraction of sp³-hybridized carbons (Fsp3) is 0.267. The molecule has 23 heavy (non-hydrogen) atoms. The maximum Gasteiger partial charge on any atom is 0.331 e. The Morgan fingerprint density at radius 3 is 2.43 bits per heavy atom. The lowest BCUT2D eigenvalue weighted by atomic mass is 10.1. The van der Waals surface area contributed by atoms with E-state index < -0.39 is 36.4 Å². The summed E-state index contributed by atoms with van der Waals surface area (Å²) < 4.78 is 4.59. The van der Waals surface area contributed by atoms with Gasteiger partial charge in [0.2, 0.25) is 5.91 Å². The molecule has 0 bridgehead atoms. The van der Waals surface area contributed by atoms with Crippen molar-refractivity contribution in [3.05, 3.63) is 36.0 Å². The number of aromatic amines is 1. The van der Waals surface area contributed by atoms with E-state index in [0.717, 1.165) is 16.5 Å². The van der Waals surface area contributed by atoms with Crippen molar-refractivity contribution in [3.63, 3.8) is 0 Å². The number of carbonyl (C=O) groups excluding carboxylic acids is 3. The SMILES string of the molecule is NC(=O)C[C@H](N)C(=O)OC(=O)[C@@H](N)Cc1c[nH]c2ccccc12. The zero-order chi connectivity index (χ0) is 17.0. The van der Waals surface area contributed by atoms with Crippen molar-refractivity contribution in [1.82, 2.24) is 4.98 Å². The maximum atomic E-state index is 11.9. The molecule has 122 valence electrons. The minimum Gasteiger partial charge on any atom is -0.391 e. The van der Waals surface area contributed by atoms with Gasteiger partial charge in [-0.25, -0.2) is 9.59 Å². The molecule has 1 aromatic carbocycles. The third-order valence-corrected chi connectivity index (χ3v) is 3.34. The van der Waals surface area contributed by atoms with Gasteiger partial charge in [-0.2, -0.15) is 0 Å². The van der Waals surface area contributed by atoms with E-state index in [0.29, 0.717) is 0 Å². The van der Waals surface area contributed by atoms with Crippen molar-refractivity contribution in [2.45, 2.75) is 24.9 Å². The van der Waals surface area contributed by atoms with Gasteiger partial charge < -0.3 is 26.9 Å². The number of nitrogens with two attached hydrogens (primary N) is 3. The molecule has 8 nitrogen and oxygen atoms in total. The first-order valence-electron chi connectivity index (χ1n) is 6.98. The lowest BCUT2D eigenvalue weighted by molar-refractivity contribution is -0.162. The third-order valence-electron chi connectivity index (χ3n) is 3.34. The van der Waals surface area contributed by atoms with Gasteiger partial charge in [-0.05, 0) is 11.6 Å². The molecule has 2 aromatic rings. The molecule has 0 saturated heterocycles. The molecule has 0 fully saturated rings. The number of nitrogens with one attached hydrogen (secondary N) is 1. The van der Waals surface area contributed by atoms with Gasteiger partial charge in [0.25, 0.3) is 0 Å². The number of amides is 1. The van der Waals surface area contributed by atoms with Crippen LogP contribution in [-0.4, -0.2) is 34.9 Å². The number of hydrogen-bond donors (Lipinski definition) is 4. The van der Waals surface area contributed by atoms with Crippen molar-refractivity contribution in [3.8, 4) is 0 Å². The highest BCUT2D eigenvalue weighted by Gasteiger charge is 2.25. The average molecular weight is 318 g/mol. The Kier molecular flexibility index (Phi) is 5.09. The highest BCUT2D eigenvalue weighted by atomic mass is 16.6. The van der Waals surface area contributed by atoms with E-state index in [1.165, 1.54) is 0 Å². The number of esters is 2. The molecule has 0 spiro atoms. The fourth-order valence-corrected chi connectivity index (χ4v) is 2.17. The number of hydrogen-bond acceptors (Lipinski definition) is 6. The summed E-state index contributed by atoms with van der Waals surface area (Å²) in [5.74, 6) is -2.69. The summed E-state index contributed by atoms with van der Waals surface area (Å²) in [6.07, 6.45) is 1.55. The third kappa shape index (κ3) is 4.15. The number of carbonyl (C=O) groups is 3. The second kappa shape index (κ2) is 7.03. The van der Waals surface area contributed by atoms with Gasteiger partial charge >= 0.3 is 11.9 Å². The van der Waals surface area contributed by atoms with Crippen LogP contribution in [0.25, 0.3) is 10.9 Å². The van der Waals surface area contributed by atoms with E-state index in [4.69, 9.17) is 17.2 Å². The number of primary amides is 1. The van der Waals surface area contributed by atoms with Crippen LogP contribution >= 0.6 is 0 Å². The molecule has 0 radical (unpaired) electrons. The first-order chi connectivity index (χ1) is 10.9. The van der Waals surface area contributed by atoms with Crippen molar-refractivity contribution in [1.29, 1.82) is 0 Å². The molecule has 0 aliphatic heterocycles. The molecule has 0 saturated carbocycles. The summed E-state index contributed by atoms with van der Waals surface area (Å²) >= 11 is 0. The second-order valence-electron chi connectivity index (χ2n) is 5.19. The van der Waals surface area contributed by atoms with Crippen molar-refractivity contribution < 1.29 is 19.1 Å². The van der Waals surface area contributed by atoms with Crippen LogP contribution in [0.1, 0.15) is 12.0 Å². The van der Waals surface area contributed by atoms with Gasteiger partial charge in [0.15, 0.2) is 0 Å². The first kappa shape index (κ1) is 16.7. The van der Waals surface area contributed by atoms with E-state index >= 15 is 0 Å². The van der Waals surface area contributed by atoms with Crippen LogP contribution in [0.5, 0.6) is 0 Å². The summed E-state index contributed by atoms with van der Waals surface area (Å²) in [7, 11) is 0. The highest BCUT2D eigenvalue weighted by molar-refractivity contribution is 5.93. The molecule has 1 amide bonds. The van der Waals surface area contributed by atoms with Gasteiger partial charge in [0, 0.05) is 23.5 Å². The van der Waals surface area contributed by atoms with E-state index in [9.17, 15) is 14.4 Å². The number of rotatable bonds is 6. The lowest BCUT2D eigenvalue weighted by Gasteiger charge is -2.12. The zero-order valence-corrected chi connectivity index (χ0v) is 12.3. The average Bonchev–Trinajstić information content (AvgIpc) is 2.89. The minimum atomic E-state index is -1.28. The second-order valence-corrected chi connectivity index (χ2v) is 5.19. The Morgan fingerprint density at radius 1 is 1.09 bits per heavy atom. The summed E-state index contributed by atoms with van der Waals surface area (Å²) in [5.41, 5.74) is 17.9. The van der Waals surface area contributed by atoms with Crippen molar-refractivity contribution >= 4 is 28.7 Å². The van der Waals surface area contributed by atoms with Gasteiger partial charge in [0.1, 0.15) is 12.1 Å². The predicted octanol–water partition coefficient (Wildman–Crippen LogP) is -0.690.